The summed E-state index contributed by atoms with van der Waals surface area (Å²) in [5.41, 5.74) is 0.786. The molecule has 0 bridgehead atoms. The van der Waals surface area contributed by atoms with E-state index in [-0.39, 0.29) is 18.5 Å². The van der Waals surface area contributed by atoms with E-state index in [1.165, 1.54) is 4.90 Å². The highest BCUT2D eigenvalue weighted by molar-refractivity contribution is 6.34. The average Bonchev–Trinajstić information content (AvgIpc) is 2.97. The van der Waals surface area contributed by atoms with Crippen LogP contribution in [0.1, 0.15) is 30.6 Å². The smallest absolute Gasteiger partial charge is 0.322 e. The van der Waals surface area contributed by atoms with Gasteiger partial charge in [-0.05, 0) is 30.5 Å². The summed E-state index contributed by atoms with van der Waals surface area (Å²) in [7, 11) is 0. The van der Waals surface area contributed by atoms with E-state index in [0.717, 1.165) is 0 Å². The largest absolute Gasteiger partial charge is 0.481 e. The number of carboxylic acid groups (broad SMARTS) is 1. The molecule has 1 aromatic rings. The van der Waals surface area contributed by atoms with Gasteiger partial charge in [0, 0.05) is 25.2 Å². The second-order valence-electron chi connectivity index (χ2n) is 6.42. The van der Waals surface area contributed by atoms with Crippen molar-refractivity contribution < 1.29 is 19.5 Å². The number of hydrogen-bond acceptors (Lipinski definition) is 3. The molecule has 2 rings (SSSR count). The van der Waals surface area contributed by atoms with E-state index >= 15 is 0 Å². The Morgan fingerprint density at radius 3 is 2.68 bits per heavy atom. The van der Waals surface area contributed by atoms with Gasteiger partial charge in [-0.2, -0.15) is 0 Å². The van der Waals surface area contributed by atoms with Gasteiger partial charge in [-0.15, -0.1) is 0 Å². The molecule has 0 radical (unpaired) electrons. The molecule has 1 aliphatic rings. The number of carbonyl (C=O) groups is 3. The van der Waals surface area contributed by atoms with Crippen molar-refractivity contribution >= 4 is 35.2 Å². The number of rotatable bonds is 7. The van der Waals surface area contributed by atoms with E-state index in [1.807, 2.05) is 13.8 Å². The molecule has 1 heterocycles. The molecule has 3 N–H and O–H groups in total. The van der Waals surface area contributed by atoms with Crippen molar-refractivity contribution in [3.05, 3.63) is 28.8 Å². The normalized spacial score (nSPS) is 15.2. The summed E-state index contributed by atoms with van der Waals surface area (Å²) in [6.45, 7) is 4.91. The molecular weight excluding hydrogens is 346 g/mol. The van der Waals surface area contributed by atoms with Crippen molar-refractivity contribution in [1.82, 2.24) is 10.6 Å². The van der Waals surface area contributed by atoms with E-state index in [9.17, 15) is 19.5 Å². The number of benzene rings is 1. The summed E-state index contributed by atoms with van der Waals surface area (Å²) in [5, 5.41) is 14.9. The minimum Gasteiger partial charge on any atom is -0.481 e. The van der Waals surface area contributed by atoms with Crippen molar-refractivity contribution in [2.24, 2.45) is 11.8 Å². The number of carboxylic acids is 1. The molecule has 1 atom stereocenters. The first kappa shape index (κ1) is 19.1. The number of anilines is 1. The molecule has 7 nitrogen and oxygen atoms in total. The third-order valence-electron chi connectivity index (χ3n) is 3.97. The molecule has 0 aromatic heterocycles. The number of halogens is 1. The topological polar surface area (TPSA) is 98.7 Å². The lowest BCUT2D eigenvalue weighted by Gasteiger charge is -2.18. The van der Waals surface area contributed by atoms with Gasteiger partial charge in [0.1, 0.15) is 0 Å². The number of nitrogens with one attached hydrogen (secondary N) is 2. The fourth-order valence-corrected chi connectivity index (χ4v) is 2.94. The molecule has 1 unspecified atom stereocenters. The fraction of sp³-hybridized carbons (Fsp3) is 0.471. The second-order valence-corrected chi connectivity index (χ2v) is 6.83. The average molecular weight is 368 g/mol. The summed E-state index contributed by atoms with van der Waals surface area (Å²) in [6.07, 6.45) is 0.482. The Morgan fingerprint density at radius 2 is 2.12 bits per heavy atom. The number of urea groups is 1. The summed E-state index contributed by atoms with van der Waals surface area (Å²) in [5.74, 6) is -1.75. The molecule has 1 saturated heterocycles. The van der Waals surface area contributed by atoms with Crippen LogP contribution in [0.2, 0.25) is 5.02 Å². The van der Waals surface area contributed by atoms with Crippen molar-refractivity contribution in [3.8, 4) is 0 Å². The van der Waals surface area contributed by atoms with Crippen molar-refractivity contribution in [2.45, 2.75) is 20.3 Å². The van der Waals surface area contributed by atoms with Crippen LogP contribution in [0.25, 0.3) is 0 Å². The van der Waals surface area contributed by atoms with Gasteiger partial charge in [-0.1, -0.05) is 25.4 Å². The fourth-order valence-electron chi connectivity index (χ4n) is 2.72. The maximum atomic E-state index is 12.4. The Morgan fingerprint density at radius 1 is 1.40 bits per heavy atom. The number of hydrogen-bond donors (Lipinski definition) is 3. The van der Waals surface area contributed by atoms with Gasteiger partial charge in [-0.25, -0.2) is 4.79 Å². The number of amides is 3. The lowest BCUT2D eigenvalue weighted by atomic mass is 9.97. The molecule has 0 spiro atoms. The molecule has 1 aliphatic heterocycles. The van der Waals surface area contributed by atoms with Gasteiger partial charge in [0.25, 0.3) is 5.91 Å². The summed E-state index contributed by atoms with van der Waals surface area (Å²) >= 11 is 6.14. The number of nitrogens with zero attached hydrogens (tertiary/aromatic N) is 1. The lowest BCUT2D eigenvalue weighted by Crippen LogP contribution is -2.34. The SMILES string of the molecule is CC(C)CC(CNC(=O)c1ccc(Cl)c(N2CCNC2=O)c1)C(=O)O. The zero-order valence-electron chi connectivity index (χ0n) is 14.2. The third-order valence-corrected chi connectivity index (χ3v) is 4.29. The van der Waals surface area contributed by atoms with Gasteiger partial charge in [0.15, 0.2) is 0 Å². The van der Waals surface area contributed by atoms with Gasteiger partial charge < -0.3 is 15.7 Å². The molecular formula is C17H22ClN3O4. The predicted molar refractivity (Wildman–Crippen MR) is 95.1 cm³/mol. The first-order valence-corrected chi connectivity index (χ1v) is 8.53. The number of carbonyl (C=O) groups excluding carboxylic acids is 2. The minimum absolute atomic E-state index is 0.0501. The molecule has 25 heavy (non-hydrogen) atoms. The van der Waals surface area contributed by atoms with Crippen LogP contribution in [0.5, 0.6) is 0 Å². The molecule has 1 fully saturated rings. The first-order valence-electron chi connectivity index (χ1n) is 8.15. The zero-order valence-corrected chi connectivity index (χ0v) is 15.0. The van der Waals surface area contributed by atoms with Crippen LogP contribution in [0.3, 0.4) is 0 Å². The van der Waals surface area contributed by atoms with Crippen molar-refractivity contribution in [1.29, 1.82) is 0 Å². The van der Waals surface area contributed by atoms with Crippen LogP contribution < -0.4 is 15.5 Å². The second kappa shape index (κ2) is 8.20. The highest BCUT2D eigenvalue weighted by Gasteiger charge is 2.25. The van der Waals surface area contributed by atoms with Crippen LogP contribution in [0.4, 0.5) is 10.5 Å². The van der Waals surface area contributed by atoms with Crippen LogP contribution >= 0.6 is 11.6 Å². The van der Waals surface area contributed by atoms with Gasteiger partial charge in [0.05, 0.1) is 16.6 Å². The van der Waals surface area contributed by atoms with Crippen LogP contribution in [0.15, 0.2) is 18.2 Å². The van der Waals surface area contributed by atoms with Crippen molar-refractivity contribution in [3.63, 3.8) is 0 Å². The Balaban J connectivity index is 2.09. The van der Waals surface area contributed by atoms with Crippen LogP contribution in [-0.2, 0) is 4.79 Å². The summed E-state index contributed by atoms with van der Waals surface area (Å²) < 4.78 is 0. The van der Waals surface area contributed by atoms with Crippen LogP contribution in [-0.4, -0.2) is 42.6 Å². The maximum absolute atomic E-state index is 12.4. The first-order chi connectivity index (χ1) is 11.8. The predicted octanol–water partition coefficient (Wildman–Crippen LogP) is 2.35. The summed E-state index contributed by atoms with van der Waals surface area (Å²) in [6, 6.07) is 4.39. The molecule has 1 aromatic carbocycles. The van der Waals surface area contributed by atoms with Crippen molar-refractivity contribution in [2.75, 3.05) is 24.5 Å². The third kappa shape index (κ3) is 4.85. The number of aliphatic carboxylic acids is 1. The molecule has 3 amide bonds. The Kier molecular flexibility index (Phi) is 6.25. The van der Waals surface area contributed by atoms with Crippen LogP contribution in [0, 0.1) is 11.8 Å². The molecule has 0 saturated carbocycles. The highest BCUT2D eigenvalue weighted by Crippen LogP contribution is 2.28. The highest BCUT2D eigenvalue weighted by atomic mass is 35.5. The molecule has 8 heteroatoms. The Labute approximate surface area is 151 Å². The van der Waals surface area contributed by atoms with E-state index in [1.54, 1.807) is 18.2 Å². The monoisotopic (exact) mass is 367 g/mol. The zero-order chi connectivity index (χ0) is 18.6. The van der Waals surface area contributed by atoms with Gasteiger partial charge in [0.2, 0.25) is 0 Å². The van der Waals surface area contributed by atoms with Gasteiger partial charge >= 0.3 is 12.0 Å². The Hall–Kier alpha value is -2.28. The standard InChI is InChI=1S/C17H22ClN3O4/c1-10(2)7-12(16(23)24)9-20-15(22)11-3-4-13(18)14(8-11)21-6-5-19-17(21)25/h3-4,8,10,12H,5-7,9H2,1-2H3,(H,19,25)(H,20,22)(H,23,24). The molecule has 0 aliphatic carbocycles. The molecule has 136 valence electrons. The maximum Gasteiger partial charge on any atom is 0.322 e. The van der Waals surface area contributed by atoms with E-state index in [0.29, 0.717) is 35.8 Å². The van der Waals surface area contributed by atoms with E-state index in [4.69, 9.17) is 11.6 Å². The lowest BCUT2D eigenvalue weighted by molar-refractivity contribution is -0.142. The quantitative estimate of drug-likeness (QED) is 0.688. The Bertz CT molecular complexity index is 678. The van der Waals surface area contributed by atoms with E-state index < -0.39 is 17.8 Å². The van der Waals surface area contributed by atoms with E-state index in [2.05, 4.69) is 10.6 Å². The summed E-state index contributed by atoms with van der Waals surface area (Å²) in [4.78, 5) is 36.9. The minimum atomic E-state index is -0.931. The van der Waals surface area contributed by atoms with Gasteiger partial charge in [-0.3, -0.25) is 14.5 Å².